The van der Waals surface area contributed by atoms with E-state index >= 15 is 0 Å². The highest BCUT2D eigenvalue weighted by atomic mass is 79.9. The Balaban J connectivity index is 2.82. The van der Waals surface area contributed by atoms with Crippen LogP contribution in [0.15, 0.2) is 22.7 Å². The molecule has 90 valence electrons. The van der Waals surface area contributed by atoms with Crippen LogP contribution in [0, 0.1) is 0 Å². The molecule has 0 fully saturated rings. The molecule has 5 heteroatoms. The number of halogens is 4. The molecule has 0 amide bonds. The maximum Gasteiger partial charge on any atom is 0.416 e. The van der Waals surface area contributed by atoms with Crippen LogP contribution in [0.2, 0.25) is 0 Å². The topological polar surface area (TPSA) is 12.0 Å². The largest absolute Gasteiger partial charge is 0.416 e. The number of benzene rings is 1. The van der Waals surface area contributed by atoms with Gasteiger partial charge in [-0.3, -0.25) is 0 Å². The lowest BCUT2D eigenvalue weighted by atomic mass is 10.2. The van der Waals surface area contributed by atoms with Crippen LogP contribution in [0.4, 0.5) is 18.9 Å². The molecule has 0 bridgehead atoms. The molecule has 1 aromatic carbocycles. The van der Waals surface area contributed by atoms with Gasteiger partial charge >= 0.3 is 6.18 Å². The first-order valence-electron chi connectivity index (χ1n) is 5.05. The Kier molecular flexibility index (Phi) is 4.65. The summed E-state index contributed by atoms with van der Waals surface area (Å²) in [4.78, 5) is 0. The molecular weight excluding hydrogens is 283 g/mol. The van der Waals surface area contributed by atoms with Crippen LogP contribution in [0.3, 0.4) is 0 Å². The number of anilines is 1. The summed E-state index contributed by atoms with van der Waals surface area (Å²) in [5.74, 6) is 0. The molecule has 1 nitrogen and oxygen atoms in total. The highest BCUT2D eigenvalue weighted by Crippen LogP contribution is 2.33. The maximum atomic E-state index is 12.5. The van der Waals surface area contributed by atoms with Gasteiger partial charge in [0.25, 0.3) is 0 Å². The molecule has 0 atom stereocenters. The molecule has 0 radical (unpaired) electrons. The fourth-order valence-electron chi connectivity index (χ4n) is 1.26. The Morgan fingerprint density at radius 2 is 1.94 bits per heavy atom. The van der Waals surface area contributed by atoms with Crippen LogP contribution in [-0.4, -0.2) is 6.54 Å². The molecule has 1 rings (SSSR count). The van der Waals surface area contributed by atoms with Gasteiger partial charge in [0.05, 0.1) is 5.56 Å². The molecule has 0 aliphatic heterocycles. The number of hydrogen-bond acceptors (Lipinski definition) is 1. The molecule has 0 aromatic heterocycles. The van der Waals surface area contributed by atoms with Crippen molar-refractivity contribution in [1.82, 2.24) is 0 Å². The predicted octanol–water partition coefficient (Wildman–Crippen LogP) is 4.68. The van der Waals surface area contributed by atoms with Crippen LogP contribution < -0.4 is 5.32 Å². The van der Waals surface area contributed by atoms with Crippen LogP contribution >= 0.6 is 15.9 Å². The third kappa shape index (κ3) is 4.04. The minimum atomic E-state index is -4.30. The molecule has 0 aliphatic rings. The first-order chi connectivity index (χ1) is 7.43. The van der Waals surface area contributed by atoms with Crippen LogP contribution in [0.1, 0.15) is 25.3 Å². The van der Waals surface area contributed by atoms with Gasteiger partial charge in [0.1, 0.15) is 0 Å². The van der Waals surface area contributed by atoms with Gasteiger partial charge in [0.2, 0.25) is 0 Å². The molecule has 1 N–H and O–H groups in total. The SMILES string of the molecule is CCCCNc1cc(Br)cc(C(F)(F)F)c1. The van der Waals surface area contributed by atoms with E-state index in [1.165, 1.54) is 0 Å². The highest BCUT2D eigenvalue weighted by Gasteiger charge is 2.30. The number of nitrogens with one attached hydrogen (secondary N) is 1. The van der Waals surface area contributed by atoms with E-state index in [1.807, 2.05) is 6.92 Å². The number of unbranched alkanes of at least 4 members (excludes halogenated alkanes) is 1. The lowest BCUT2D eigenvalue weighted by molar-refractivity contribution is -0.137. The zero-order chi connectivity index (χ0) is 12.2. The summed E-state index contributed by atoms with van der Waals surface area (Å²) in [6.07, 6.45) is -2.36. The summed E-state index contributed by atoms with van der Waals surface area (Å²) in [6, 6.07) is 3.84. The summed E-state index contributed by atoms with van der Waals surface area (Å²) in [5.41, 5.74) is -0.143. The van der Waals surface area contributed by atoms with Gasteiger partial charge in [-0.15, -0.1) is 0 Å². The van der Waals surface area contributed by atoms with Gasteiger partial charge in [-0.2, -0.15) is 13.2 Å². The maximum absolute atomic E-state index is 12.5. The Morgan fingerprint density at radius 3 is 2.50 bits per heavy atom. The second-order valence-electron chi connectivity index (χ2n) is 3.51. The molecule has 16 heavy (non-hydrogen) atoms. The minimum absolute atomic E-state index is 0.432. The van der Waals surface area contributed by atoms with E-state index in [1.54, 1.807) is 6.07 Å². The van der Waals surface area contributed by atoms with E-state index in [0.717, 1.165) is 25.0 Å². The lowest BCUT2D eigenvalue weighted by Crippen LogP contribution is -2.07. The Labute approximate surface area is 101 Å². The van der Waals surface area contributed by atoms with Crippen molar-refractivity contribution in [1.29, 1.82) is 0 Å². The standard InChI is InChI=1S/C11H13BrF3N/c1-2-3-4-16-10-6-8(11(13,14)15)5-9(12)7-10/h5-7,16H,2-4H2,1H3. The third-order valence-electron chi connectivity index (χ3n) is 2.08. The highest BCUT2D eigenvalue weighted by molar-refractivity contribution is 9.10. The predicted molar refractivity (Wildman–Crippen MR) is 62.5 cm³/mol. The lowest BCUT2D eigenvalue weighted by Gasteiger charge is -2.11. The molecule has 0 unspecified atom stereocenters. The summed E-state index contributed by atoms with van der Waals surface area (Å²) < 4.78 is 37.9. The van der Waals surface area contributed by atoms with Crippen molar-refractivity contribution in [3.63, 3.8) is 0 Å². The molecule has 1 aromatic rings. The zero-order valence-corrected chi connectivity index (χ0v) is 10.5. The Bertz CT molecular complexity index is 350. The van der Waals surface area contributed by atoms with E-state index in [4.69, 9.17) is 0 Å². The van der Waals surface area contributed by atoms with Crippen molar-refractivity contribution in [2.45, 2.75) is 25.9 Å². The molecule has 0 heterocycles. The van der Waals surface area contributed by atoms with Gasteiger partial charge in [0.15, 0.2) is 0 Å². The quantitative estimate of drug-likeness (QED) is 0.795. The smallest absolute Gasteiger partial charge is 0.385 e. The van der Waals surface area contributed by atoms with Crippen LogP contribution in [-0.2, 0) is 6.18 Å². The monoisotopic (exact) mass is 295 g/mol. The first-order valence-corrected chi connectivity index (χ1v) is 5.84. The van der Waals surface area contributed by atoms with Crippen molar-refractivity contribution in [3.05, 3.63) is 28.2 Å². The van der Waals surface area contributed by atoms with Gasteiger partial charge in [-0.1, -0.05) is 29.3 Å². The number of hydrogen-bond donors (Lipinski definition) is 1. The molecule has 0 saturated heterocycles. The van der Waals surface area contributed by atoms with Gasteiger partial charge in [-0.05, 0) is 24.6 Å². The van der Waals surface area contributed by atoms with Crippen molar-refractivity contribution in [2.75, 3.05) is 11.9 Å². The first kappa shape index (κ1) is 13.4. The second kappa shape index (κ2) is 5.57. The normalized spacial score (nSPS) is 11.6. The van der Waals surface area contributed by atoms with Gasteiger partial charge in [0, 0.05) is 16.7 Å². The van der Waals surface area contributed by atoms with Crippen molar-refractivity contribution < 1.29 is 13.2 Å². The van der Waals surface area contributed by atoms with Crippen LogP contribution in [0.5, 0.6) is 0 Å². The van der Waals surface area contributed by atoms with E-state index in [-0.39, 0.29) is 0 Å². The summed E-state index contributed by atoms with van der Waals surface area (Å²) in [7, 11) is 0. The summed E-state index contributed by atoms with van der Waals surface area (Å²) in [5, 5.41) is 2.97. The number of alkyl halides is 3. The van der Waals surface area contributed by atoms with Crippen LogP contribution in [0.25, 0.3) is 0 Å². The molecule has 0 spiro atoms. The van der Waals surface area contributed by atoms with Crippen molar-refractivity contribution >= 4 is 21.6 Å². The van der Waals surface area contributed by atoms with Crippen molar-refractivity contribution in [2.24, 2.45) is 0 Å². The summed E-state index contributed by atoms with van der Waals surface area (Å²) in [6.45, 7) is 2.72. The average Bonchev–Trinajstić information content (AvgIpc) is 2.16. The van der Waals surface area contributed by atoms with Gasteiger partial charge < -0.3 is 5.32 Å². The Hall–Kier alpha value is -0.710. The molecule has 0 saturated carbocycles. The molecular formula is C11H13BrF3N. The third-order valence-corrected chi connectivity index (χ3v) is 2.54. The summed E-state index contributed by atoms with van der Waals surface area (Å²) >= 11 is 3.07. The fraction of sp³-hybridized carbons (Fsp3) is 0.455. The van der Waals surface area contributed by atoms with Crippen molar-refractivity contribution in [3.8, 4) is 0 Å². The second-order valence-corrected chi connectivity index (χ2v) is 4.42. The Morgan fingerprint density at radius 1 is 1.25 bits per heavy atom. The fourth-order valence-corrected chi connectivity index (χ4v) is 1.76. The van der Waals surface area contributed by atoms with Gasteiger partial charge in [-0.25, -0.2) is 0 Å². The van der Waals surface area contributed by atoms with E-state index in [0.29, 0.717) is 16.7 Å². The van der Waals surface area contributed by atoms with E-state index < -0.39 is 11.7 Å². The molecule has 0 aliphatic carbocycles. The van der Waals surface area contributed by atoms with E-state index in [9.17, 15) is 13.2 Å². The minimum Gasteiger partial charge on any atom is -0.385 e. The number of rotatable bonds is 4. The zero-order valence-electron chi connectivity index (χ0n) is 8.87. The van der Waals surface area contributed by atoms with E-state index in [2.05, 4.69) is 21.2 Å². The average molecular weight is 296 g/mol.